The minimum Gasteiger partial charge on any atom is -0.870 e. The third-order valence-electron chi connectivity index (χ3n) is 4.92. The molecule has 0 atom stereocenters. The van der Waals surface area contributed by atoms with Gasteiger partial charge in [0, 0.05) is 6.07 Å². The van der Waals surface area contributed by atoms with E-state index in [0.29, 0.717) is 17.7 Å². The Morgan fingerprint density at radius 3 is 2.03 bits per heavy atom. The van der Waals surface area contributed by atoms with Crippen molar-refractivity contribution in [2.75, 3.05) is 0 Å². The van der Waals surface area contributed by atoms with Crippen molar-refractivity contribution in [2.45, 2.75) is 76.0 Å². The van der Waals surface area contributed by atoms with Crippen molar-refractivity contribution in [3.63, 3.8) is 0 Å². The van der Waals surface area contributed by atoms with E-state index in [0.717, 1.165) is 25.3 Å². The predicted molar refractivity (Wildman–Crippen MR) is 113 cm³/mol. The maximum atomic E-state index is 12.7. The normalized spacial score (nSPS) is 11.1. The van der Waals surface area contributed by atoms with Crippen LogP contribution in [-0.2, 0) is 16.5 Å². The largest absolute Gasteiger partial charge is 1.00 e. The van der Waals surface area contributed by atoms with Gasteiger partial charge in [0.1, 0.15) is 11.5 Å². The fourth-order valence-electron chi connectivity index (χ4n) is 3.28. The van der Waals surface area contributed by atoms with Gasteiger partial charge in [-0.25, -0.2) is 0 Å². The summed E-state index contributed by atoms with van der Waals surface area (Å²) in [5, 5.41) is 12.7. The second-order valence-electron chi connectivity index (χ2n) is 7.38. The van der Waals surface area contributed by atoms with Gasteiger partial charge in [0.2, 0.25) is 0 Å². The predicted octanol–water partition coefficient (Wildman–Crippen LogP) is 2.88. The molecule has 0 amide bonds. The number of aryl methyl sites for hydroxylation is 1. The van der Waals surface area contributed by atoms with Crippen LogP contribution in [0.2, 0.25) is 0 Å². The Kier molecular flexibility index (Phi) is 12.7. The number of hydrogen-bond acceptors (Lipinski definition) is 4. The average molecular weight is 443 g/mol. The first kappa shape index (κ1) is 27.0. The molecule has 5 nitrogen and oxygen atoms in total. The van der Waals surface area contributed by atoms with E-state index >= 15 is 0 Å². The van der Waals surface area contributed by atoms with Gasteiger partial charge >= 0.3 is 29.6 Å². The summed E-state index contributed by atoms with van der Waals surface area (Å²) in [4.78, 5) is -0.311. The number of ether oxygens (including phenoxy) is 1. The quantitative estimate of drug-likeness (QED) is 0.293. The van der Waals surface area contributed by atoms with Gasteiger partial charge in [0.05, 0.1) is 4.90 Å². The SMILES string of the molecule is CCCCCCCCCCCc1cc(S(=O)(=O)O)cc(Oc2ccccc2)c1[O-].[Na+]. The molecular weight excluding hydrogens is 411 g/mol. The summed E-state index contributed by atoms with van der Waals surface area (Å²) in [6.45, 7) is 2.21. The zero-order chi connectivity index (χ0) is 21.1. The van der Waals surface area contributed by atoms with Gasteiger partial charge in [-0.1, -0.05) is 87.8 Å². The molecule has 0 aliphatic carbocycles. The van der Waals surface area contributed by atoms with E-state index < -0.39 is 10.1 Å². The van der Waals surface area contributed by atoms with Crippen LogP contribution in [0.3, 0.4) is 0 Å². The monoisotopic (exact) mass is 442 g/mol. The van der Waals surface area contributed by atoms with Gasteiger partial charge in [0.15, 0.2) is 0 Å². The molecule has 0 aromatic heterocycles. The van der Waals surface area contributed by atoms with E-state index in [-0.39, 0.29) is 46.0 Å². The molecule has 2 aromatic carbocycles. The van der Waals surface area contributed by atoms with Crippen LogP contribution in [0, 0.1) is 0 Å². The molecule has 0 aliphatic rings. The molecule has 2 aromatic rings. The molecule has 0 radical (unpaired) electrons. The first-order valence-electron chi connectivity index (χ1n) is 10.5. The molecule has 0 saturated heterocycles. The summed E-state index contributed by atoms with van der Waals surface area (Å²) >= 11 is 0. The van der Waals surface area contributed by atoms with Crippen LogP contribution in [0.5, 0.6) is 17.2 Å². The smallest absolute Gasteiger partial charge is 0.870 e. The Balaban J connectivity index is 0.00000450. The molecule has 0 unspecified atom stereocenters. The van der Waals surface area contributed by atoms with Crippen molar-refractivity contribution in [1.82, 2.24) is 0 Å². The van der Waals surface area contributed by atoms with Gasteiger partial charge in [-0.05, 0) is 31.0 Å². The maximum absolute atomic E-state index is 12.7. The Labute approximate surface area is 202 Å². The summed E-state index contributed by atoms with van der Waals surface area (Å²) in [5.41, 5.74) is 0.356. The van der Waals surface area contributed by atoms with E-state index in [1.165, 1.54) is 44.6 Å². The molecule has 0 heterocycles. The summed E-state index contributed by atoms with van der Waals surface area (Å²) < 4.78 is 38.3. The molecule has 0 spiro atoms. The number of unbranched alkanes of at least 4 members (excludes halogenated alkanes) is 8. The molecule has 0 saturated carbocycles. The third kappa shape index (κ3) is 9.40. The van der Waals surface area contributed by atoms with Crippen LogP contribution in [0.4, 0.5) is 0 Å². The van der Waals surface area contributed by atoms with Gasteiger partial charge < -0.3 is 9.84 Å². The molecule has 0 bridgehead atoms. The van der Waals surface area contributed by atoms with E-state index in [9.17, 15) is 18.1 Å². The van der Waals surface area contributed by atoms with Crippen molar-refractivity contribution in [2.24, 2.45) is 0 Å². The molecule has 30 heavy (non-hydrogen) atoms. The molecular formula is C23H31NaO5S. The van der Waals surface area contributed by atoms with E-state index in [1.807, 2.05) is 6.07 Å². The fourth-order valence-corrected chi connectivity index (χ4v) is 3.83. The average Bonchev–Trinajstić information content (AvgIpc) is 2.69. The zero-order valence-electron chi connectivity index (χ0n) is 18.1. The first-order valence-corrected chi connectivity index (χ1v) is 11.9. The topological polar surface area (TPSA) is 86.7 Å². The summed E-state index contributed by atoms with van der Waals surface area (Å²) in [5.74, 6) is 0.0178. The summed E-state index contributed by atoms with van der Waals surface area (Å²) in [6, 6.07) is 11.0. The molecule has 2 rings (SSSR count). The molecule has 1 N–H and O–H groups in total. The second-order valence-corrected chi connectivity index (χ2v) is 8.80. The molecule has 160 valence electrons. The van der Waals surface area contributed by atoms with E-state index in [4.69, 9.17) is 4.74 Å². The van der Waals surface area contributed by atoms with Crippen LogP contribution < -0.4 is 39.4 Å². The first-order chi connectivity index (χ1) is 13.9. The van der Waals surface area contributed by atoms with Crippen LogP contribution in [0.15, 0.2) is 47.4 Å². The third-order valence-corrected chi connectivity index (χ3v) is 5.76. The number of rotatable bonds is 13. The Bertz CT molecular complexity index is 853. The van der Waals surface area contributed by atoms with Crippen LogP contribution in [0.25, 0.3) is 0 Å². The minimum atomic E-state index is -4.43. The van der Waals surface area contributed by atoms with Crippen LogP contribution in [0.1, 0.15) is 70.3 Å². The summed E-state index contributed by atoms with van der Waals surface area (Å²) in [6.07, 6.45) is 10.9. The fraction of sp³-hybridized carbons (Fsp3) is 0.478. The number of benzene rings is 2. The van der Waals surface area contributed by atoms with Crippen LogP contribution in [-0.4, -0.2) is 13.0 Å². The minimum absolute atomic E-state index is 0. The van der Waals surface area contributed by atoms with Crippen molar-refractivity contribution < 1.29 is 52.4 Å². The van der Waals surface area contributed by atoms with Gasteiger partial charge in [-0.2, -0.15) is 8.42 Å². The van der Waals surface area contributed by atoms with Crippen molar-refractivity contribution in [3.05, 3.63) is 48.0 Å². The van der Waals surface area contributed by atoms with Crippen molar-refractivity contribution in [1.29, 1.82) is 0 Å². The maximum Gasteiger partial charge on any atom is 1.00 e. The van der Waals surface area contributed by atoms with E-state index in [1.54, 1.807) is 24.3 Å². The van der Waals surface area contributed by atoms with Crippen molar-refractivity contribution in [3.8, 4) is 17.2 Å². The van der Waals surface area contributed by atoms with Gasteiger partial charge in [0.25, 0.3) is 10.1 Å². The van der Waals surface area contributed by atoms with Gasteiger partial charge in [-0.15, -0.1) is 0 Å². The summed E-state index contributed by atoms with van der Waals surface area (Å²) in [7, 11) is -4.43. The Morgan fingerprint density at radius 2 is 1.47 bits per heavy atom. The molecule has 0 fully saturated rings. The van der Waals surface area contributed by atoms with E-state index in [2.05, 4.69) is 6.92 Å². The van der Waals surface area contributed by atoms with Crippen molar-refractivity contribution >= 4 is 10.1 Å². The Morgan fingerprint density at radius 1 is 0.900 bits per heavy atom. The number of hydrogen-bond donors (Lipinski definition) is 1. The zero-order valence-corrected chi connectivity index (χ0v) is 20.9. The number of para-hydroxylation sites is 1. The Hall–Kier alpha value is -1.05. The van der Waals surface area contributed by atoms with Crippen LogP contribution >= 0.6 is 0 Å². The molecule has 7 heteroatoms. The van der Waals surface area contributed by atoms with Gasteiger partial charge in [-0.3, -0.25) is 4.55 Å². The molecule has 0 aliphatic heterocycles. The second kappa shape index (κ2) is 14.1. The standard InChI is InChI=1S/C23H32O5S.Na/c1-2-3-4-5-6-7-8-9-11-14-19-17-21(29(25,26)27)18-22(23(19)24)28-20-15-12-10-13-16-20;/h10,12-13,15-18,24H,2-9,11,14H2,1H3,(H,25,26,27);/q;+1/p-1.